The molecule has 2 aromatic rings. The zero-order valence-corrected chi connectivity index (χ0v) is 13.9. The Hall–Kier alpha value is -2.47. The van der Waals surface area contributed by atoms with Gasteiger partial charge in [0, 0.05) is 18.8 Å². The number of thiocarbonyl (C=S) groups is 1. The number of nitrogens with zero attached hydrogens (tertiary/aromatic N) is 1. The number of anilines is 2. The Morgan fingerprint density at radius 1 is 1.00 bits per heavy atom. The molecule has 3 rings (SSSR count). The number of hydrogen-bond donors (Lipinski definition) is 2. The molecule has 2 N–H and O–H groups in total. The van der Waals surface area contributed by atoms with Crippen molar-refractivity contribution in [3.05, 3.63) is 59.9 Å². The van der Waals surface area contributed by atoms with Crippen molar-refractivity contribution in [2.75, 3.05) is 23.7 Å². The topological polar surface area (TPSA) is 44.4 Å². The van der Waals surface area contributed by atoms with Crippen LogP contribution < -0.4 is 10.6 Å². The molecular formula is C18H18FN3OS. The van der Waals surface area contributed by atoms with Crippen LogP contribution in [0.4, 0.5) is 15.8 Å². The third-order valence-corrected chi connectivity index (χ3v) is 4.11. The molecule has 0 atom stereocenters. The van der Waals surface area contributed by atoms with E-state index in [1.54, 1.807) is 18.2 Å². The first-order valence-corrected chi connectivity index (χ1v) is 8.26. The van der Waals surface area contributed by atoms with Gasteiger partial charge < -0.3 is 15.5 Å². The summed E-state index contributed by atoms with van der Waals surface area (Å²) in [6, 6.07) is 13.2. The number of likely N-dealkylation sites (tertiary alicyclic amines) is 1. The molecule has 1 saturated heterocycles. The van der Waals surface area contributed by atoms with Gasteiger partial charge in [-0.1, -0.05) is 12.1 Å². The van der Waals surface area contributed by atoms with E-state index in [4.69, 9.17) is 12.2 Å². The minimum atomic E-state index is -0.305. The molecule has 24 heavy (non-hydrogen) atoms. The molecule has 0 aliphatic carbocycles. The summed E-state index contributed by atoms with van der Waals surface area (Å²) < 4.78 is 12.9. The summed E-state index contributed by atoms with van der Waals surface area (Å²) in [6.45, 7) is 1.59. The average molecular weight is 343 g/mol. The fourth-order valence-electron chi connectivity index (χ4n) is 2.69. The molecule has 4 nitrogen and oxygen atoms in total. The van der Waals surface area contributed by atoms with Crippen LogP contribution in [-0.2, 0) is 0 Å². The van der Waals surface area contributed by atoms with Gasteiger partial charge in [-0.2, -0.15) is 0 Å². The van der Waals surface area contributed by atoms with Gasteiger partial charge in [0.1, 0.15) is 5.82 Å². The van der Waals surface area contributed by atoms with Crippen molar-refractivity contribution >= 4 is 34.6 Å². The van der Waals surface area contributed by atoms with E-state index in [1.807, 2.05) is 23.1 Å². The highest BCUT2D eigenvalue weighted by molar-refractivity contribution is 7.80. The number of nitrogens with one attached hydrogen (secondary N) is 2. The SMILES string of the molecule is O=C(c1ccccc1NC(=S)Nc1ccc(F)cc1)N1CCCC1. The quantitative estimate of drug-likeness (QED) is 0.831. The standard InChI is InChI=1S/C18H18FN3OS/c19-13-7-9-14(10-8-13)20-18(24)21-16-6-2-1-5-15(16)17(23)22-11-3-4-12-22/h1-2,5-10H,3-4,11-12H2,(H2,20,21,24). The normalized spacial score (nSPS) is 13.6. The average Bonchev–Trinajstić information content (AvgIpc) is 3.11. The summed E-state index contributed by atoms with van der Waals surface area (Å²) in [6.07, 6.45) is 2.09. The first-order valence-electron chi connectivity index (χ1n) is 7.85. The lowest BCUT2D eigenvalue weighted by molar-refractivity contribution is 0.0794. The van der Waals surface area contributed by atoms with Gasteiger partial charge in [0.2, 0.25) is 0 Å². The Bertz CT molecular complexity index is 742. The van der Waals surface area contributed by atoms with Crippen molar-refractivity contribution in [1.29, 1.82) is 0 Å². The van der Waals surface area contributed by atoms with E-state index >= 15 is 0 Å². The van der Waals surface area contributed by atoms with Crippen molar-refractivity contribution in [1.82, 2.24) is 4.90 Å². The van der Waals surface area contributed by atoms with Gasteiger partial charge in [-0.05, 0) is 61.5 Å². The van der Waals surface area contributed by atoms with Crippen LogP contribution in [0.1, 0.15) is 23.2 Å². The van der Waals surface area contributed by atoms with Crippen molar-refractivity contribution < 1.29 is 9.18 Å². The molecule has 1 heterocycles. The Labute approximate surface area is 145 Å². The van der Waals surface area contributed by atoms with Crippen molar-refractivity contribution in [3.63, 3.8) is 0 Å². The fraction of sp³-hybridized carbons (Fsp3) is 0.222. The first-order chi connectivity index (χ1) is 11.6. The molecule has 0 aromatic heterocycles. The summed E-state index contributed by atoms with van der Waals surface area (Å²) in [5.74, 6) is -0.291. The van der Waals surface area contributed by atoms with E-state index in [2.05, 4.69) is 10.6 Å². The second-order valence-electron chi connectivity index (χ2n) is 5.63. The molecular weight excluding hydrogens is 325 g/mol. The Balaban J connectivity index is 1.71. The van der Waals surface area contributed by atoms with Crippen LogP contribution in [0, 0.1) is 5.82 Å². The van der Waals surface area contributed by atoms with E-state index in [0.29, 0.717) is 22.1 Å². The van der Waals surface area contributed by atoms with E-state index in [0.717, 1.165) is 25.9 Å². The van der Waals surface area contributed by atoms with Crippen LogP contribution in [0.2, 0.25) is 0 Å². The lowest BCUT2D eigenvalue weighted by Gasteiger charge is -2.19. The van der Waals surface area contributed by atoms with E-state index < -0.39 is 0 Å². The van der Waals surface area contributed by atoms with Gasteiger partial charge >= 0.3 is 0 Å². The lowest BCUT2D eigenvalue weighted by Crippen LogP contribution is -2.29. The maximum Gasteiger partial charge on any atom is 0.255 e. The van der Waals surface area contributed by atoms with Crippen molar-refractivity contribution in [2.45, 2.75) is 12.8 Å². The summed E-state index contributed by atoms with van der Waals surface area (Å²) in [5.41, 5.74) is 1.94. The summed E-state index contributed by atoms with van der Waals surface area (Å²) in [5, 5.41) is 6.39. The predicted octanol–water partition coefficient (Wildman–Crippen LogP) is 3.87. The first kappa shape index (κ1) is 16.4. The van der Waals surface area contributed by atoms with Crippen LogP contribution in [0.5, 0.6) is 0 Å². The second-order valence-corrected chi connectivity index (χ2v) is 6.04. The zero-order valence-electron chi connectivity index (χ0n) is 13.1. The lowest BCUT2D eigenvalue weighted by atomic mass is 10.1. The predicted molar refractivity (Wildman–Crippen MR) is 97.8 cm³/mol. The number of carbonyl (C=O) groups is 1. The molecule has 0 unspecified atom stereocenters. The molecule has 0 bridgehead atoms. The summed E-state index contributed by atoms with van der Waals surface area (Å²) >= 11 is 5.29. The van der Waals surface area contributed by atoms with Gasteiger partial charge in [0.25, 0.3) is 5.91 Å². The molecule has 0 saturated carbocycles. The number of para-hydroxylation sites is 1. The molecule has 0 radical (unpaired) electrons. The highest BCUT2D eigenvalue weighted by Crippen LogP contribution is 2.20. The largest absolute Gasteiger partial charge is 0.339 e. The molecule has 1 amide bonds. The molecule has 6 heteroatoms. The van der Waals surface area contributed by atoms with Crippen LogP contribution in [0.3, 0.4) is 0 Å². The van der Waals surface area contributed by atoms with Crippen LogP contribution in [0.25, 0.3) is 0 Å². The molecule has 0 spiro atoms. The molecule has 2 aromatic carbocycles. The van der Waals surface area contributed by atoms with Gasteiger partial charge in [-0.3, -0.25) is 4.79 Å². The van der Waals surface area contributed by atoms with E-state index in [-0.39, 0.29) is 11.7 Å². The van der Waals surface area contributed by atoms with Gasteiger partial charge in [0.05, 0.1) is 11.3 Å². The fourth-order valence-corrected chi connectivity index (χ4v) is 2.91. The highest BCUT2D eigenvalue weighted by atomic mass is 32.1. The third kappa shape index (κ3) is 3.89. The zero-order chi connectivity index (χ0) is 16.9. The van der Waals surface area contributed by atoms with Gasteiger partial charge in [0.15, 0.2) is 5.11 Å². The van der Waals surface area contributed by atoms with E-state index in [9.17, 15) is 9.18 Å². The minimum Gasteiger partial charge on any atom is -0.339 e. The maximum atomic E-state index is 12.9. The smallest absolute Gasteiger partial charge is 0.255 e. The van der Waals surface area contributed by atoms with Crippen molar-refractivity contribution in [3.8, 4) is 0 Å². The number of hydrogen-bond acceptors (Lipinski definition) is 2. The molecule has 1 aliphatic rings. The molecule has 1 fully saturated rings. The Kier molecular flexibility index (Phi) is 5.05. The highest BCUT2D eigenvalue weighted by Gasteiger charge is 2.21. The van der Waals surface area contributed by atoms with Crippen LogP contribution >= 0.6 is 12.2 Å². The number of benzene rings is 2. The maximum absolute atomic E-state index is 12.9. The summed E-state index contributed by atoms with van der Waals surface area (Å²) in [4.78, 5) is 14.5. The monoisotopic (exact) mass is 343 g/mol. The van der Waals surface area contributed by atoms with Crippen LogP contribution in [0.15, 0.2) is 48.5 Å². The molecule has 1 aliphatic heterocycles. The summed E-state index contributed by atoms with van der Waals surface area (Å²) in [7, 11) is 0. The minimum absolute atomic E-state index is 0.0141. The van der Waals surface area contributed by atoms with Crippen molar-refractivity contribution in [2.24, 2.45) is 0 Å². The Morgan fingerprint density at radius 2 is 1.67 bits per heavy atom. The number of rotatable bonds is 3. The number of halogens is 1. The van der Waals surface area contributed by atoms with Gasteiger partial charge in [-0.15, -0.1) is 0 Å². The Morgan fingerprint density at radius 3 is 2.38 bits per heavy atom. The number of carbonyl (C=O) groups excluding carboxylic acids is 1. The number of amides is 1. The second kappa shape index (κ2) is 7.40. The van der Waals surface area contributed by atoms with Crippen LogP contribution in [-0.4, -0.2) is 29.0 Å². The third-order valence-electron chi connectivity index (χ3n) is 3.90. The van der Waals surface area contributed by atoms with E-state index in [1.165, 1.54) is 12.1 Å². The van der Waals surface area contributed by atoms with Gasteiger partial charge in [-0.25, -0.2) is 4.39 Å². The molecule has 124 valence electrons.